The number of nitrogens with zero attached hydrogens (tertiary/aromatic N) is 2. The summed E-state index contributed by atoms with van der Waals surface area (Å²) in [5, 5.41) is 0. The van der Waals surface area contributed by atoms with Crippen molar-refractivity contribution >= 4 is 21.4 Å². The van der Waals surface area contributed by atoms with Crippen LogP contribution in [0.2, 0.25) is 0 Å². The van der Waals surface area contributed by atoms with E-state index in [1.165, 1.54) is 43.5 Å². The number of alkyl halides is 2. The predicted molar refractivity (Wildman–Crippen MR) is 107 cm³/mol. The van der Waals surface area contributed by atoms with Crippen LogP contribution in [0.1, 0.15) is 0 Å². The second-order valence-electron chi connectivity index (χ2n) is 6.60. The highest BCUT2D eigenvalue weighted by Crippen LogP contribution is 2.33. The number of rotatable bonds is 7. The van der Waals surface area contributed by atoms with E-state index in [1.54, 1.807) is 6.07 Å². The van der Waals surface area contributed by atoms with Crippen molar-refractivity contribution in [3.8, 4) is 11.5 Å². The molecule has 1 saturated heterocycles. The normalized spacial score (nSPS) is 15.4. The molecule has 0 saturated carbocycles. The van der Waals surface area contributed by atoms with Gasteiger partial charge in [0.1, 0.15) is 11.5 Å². The minimum Gasteiger partial charge on any atom is -0.495 e. The molecule has 1 fully saturated rings. The molecular weight excluding hydrogens is 404 g/mol. The van der Waals surface area contributed by atoms with E-state index in [1.807, 2.05) is 7.05 Å². The van der Waals surface area contributed by atoms with Crippen LogP contribution in [0.15, 0.2) is 47.4 Å². The van der Waals surface area contributed by atoms with Crippen LogP contribution >= 0.6 is 0 Å². The van der Waals surface area contributed by atoms with Gasteiger partial charge in [-0.2, -0.15) is 8.78 Å². The molecule has 1 aliphatic heterocycles. The highest BCUT2D eigenvalue weighted by Gasteiger charge is 2.23. The van der Waals surface area contributed by atoms with Gasteiger partial charge in [0.15, 0.2) is 0 Å². The fourth-order valence-electron chi connectivity index (χ4n) is 3.08. The smallest absolute Gasteiger partial charge is 0.387 e. The number of anilines is 2. The standard InChI is InChI=1S/C19H23F2N3O4S/c1-23-9-11-24(12-10-23)16-13-14(7-8-18(16)27-2)29(25,26)22-15-5-3-4-6-17(15)28-19(20)21/h3-8,13,19,22H,9-12H2,1-2H3. The number of para-hydroxylation sites is 2. The molecule has 1 heterocycles. The lowest BCUT2D eigenvalue weighted by Crippen LogP contribution is -2.44. The van der Waals surface area contributed by atoms with Gasteiger partial charge in [-0.25, -0.2) is 8.42 Å². The Morgan fingerprint density at radius 3 is 2.38 bits per heavy atom. The molecule has 29 heavy (non-hydrogen) atoms. The van der Waals surface area contributed by atoms with Gasteiger partial charge in [-0.05, 0) is 37.4 Å². The van der Waals surface area contributed by atoms with Gasteiger partial charge in [0.25, 0.3) is 10.0 Å². The fourth-order valence-corrected chi connectivity index (χ4v) is 4.17. The van der Waals surface area contributed by atoms with Gasteiger partial charge >= 0.3 is 6.61 Å². The number of hydrogen-bond donors (Lipinski definition) is 1. The second-order valence-corrected chi connectivity index (χ2v) is 8.29. The summed E-state index contributed by atoms with van der Waals surface area (Å²) in [7, 11) is -0.483. The Hall–Kier alpha value is -2.59. The Kier molecular flexibility index (Phi) is 6.43. The van der Waals surface area contributed by atoms with Crippen LogP contribution in [0.25, 0.3) is 0 Å². The van der Waals surface area contributed by atoms with Gasteiger partial charge in [-0.1, -0.05) is 12.1 Å². The first-order chi connectivity index (χ1) is 13.8. The quantitative estimate of drug-likeness (QED) is 0.733. The molecule has 0 aromatic heterocycles. The predicted octanol–water partition coefficient (Wildman–Crippen LogP) is 2.85. The molecular formula is C19H23F2N3O4S. The summed E-state index contributed by atoms with van der Waals surface area (Å²) in [6, 6.07) is 10.2. The van der Waals surface area contributed by atoms with E-state index in [4.69, 9.17) is 4.74 Å². The largest absolute Gasteiger partial charge is 0.495 e. The van der Waals surface area contributed by atoms with Gasteiger partial charge in [0.2, 0.25) is 0 Å². The van der Waals surface area contributed by atoms with Crippen molar-refractivity contribution in [1.29, 1.82) is 0 Å². The Morgan fingerprint density at radius 2 is 1.72 bits per heavy atom. The number of piperazine rings is 1. The van der Waals surface area contributed by atoms with E-state index in [2.05, 4.69) is 19.3 Å². The Bertz CT molecular complexity index is 948. The van der Waals surface area contributed by atoms with Crippen LogP contribution in [-0.2, 0) is 10.0 Å². The third kappa shape index (κ3) is 5.07. The summed E-state index contributed by atoms with van der Waals surface area (Å²) >= 11 is 0. The molecule has 2 aromatic carbocycles. The number of halogens is 2. The number of nitrogens with one attached hydrogen (secondary N) is 1. The molecule has 10 heteroatoms. The first-order valence-corrected chi connectivity index (χ1v) is 10.5. The topological polar surface area (TPSA) is 71.1 Å². The average molecular weight is 427 g/mol. The fraction of sp³-hybridized carbons (Fsp3) is 0.368. The summed E-state index contributed by atoms with van der Waals surface area (Å²) in [5.74, 6) is 0.314. The molecule has 1 N–H and O–H groups in total. The van der Waals surface area contributed by atoms with Crippen LogP contribution in [0, 0.1) is 0 Å². The maximum absolute atomic E-state index is 12.9. The Labute approximate surface area is 168 Å². The van der Waals surface area contributed by atoms with Crippen molar-refractivity contribution in [3.63, 3.8) is 0 Å². The zero-order valence-corrected chi connectivity index (χ0v) is 17.0. The van der Waals surface area contributed by atoms with Crippen molar-refractivity contribution < 1.29 is 26.7 Å². The summed E-state index contributed by atoms with van der Waals surface area (Å²) in [6.07, 6.45) is 0. The number of benzene rings is 2. The first kappa shape index (κ1) is 21.1. The van der Waals surface area contributed by atoms with E-state index in [-0.39, 0.29) is 16.3 Å². The number of ether oxygens (including phenoxy) is 2. The van der Waals surface area contributed by atoms with E-state index in [0.29, 0.717) is 11.4 Å². The Morgan fingerprint density at radius 1 is 1.03 bits per heavy atom. The molecule has 1 aliphatic rings. The van der Waals surface area contributed by atoms with E-state index < -0.39 is 16.6 Å². The van der Waals surface area contributed by atoms with Crippen LogP contribution in [0.3, 0.4) is 0 Å². The summed E-state index contributed by atoms with van der Waals surface area (Å²) in [6.45, 7) is 0.0856. The van der Waals surface area contributed by atoms with Crippen molar-refractivity contribution in [3.05, 3.63) is 42.5 Å². The maximum atomic E-state index is 12.9. The molecule has 0 unspecified atom stereocenters. The third-order valence-electron chi connectivity index (χ3n) is 4.65. The zero-order valence-electron chi connectivity index (χ0n) is 16.1. The van der Waals surface area contributed by atoms with Gasteiger partial charge in [0, 0.05) is 26.2 Å². The van der Waals surface area contributed by atoms with Crippen molar-refractivity contribution in [2.75, 3.05) is 50.0 Å². The van der Waals surface area contributed by atoms with Crippen LogP contribution < -0.4 is 19.1 Å². The molecule has 0 amide bonds. The summed E-state index contributed by atoms with van der Waals surface area (Å²) < 4.78 is 63.1. The molecule has 0 atom stereocenters. The van der Waals surface area contributed by atoms with Crippen LogP contribution in [-0.4, -0.2) is 60.3 Å². The molecule has 3 rings (SSSR count). The minimum absolute atomic E-state index is 0.000854. The molecule has 2 aromatic rings. The highest BCUT2D eigenvalue weighted by atomic mass is 32.2. The van der Waals surface area contributed by atoms with E-state index in [9.17, 15) is 17.2 Å². The monoisotopic (exact) mass is 427 g/mol. The third-order valence-corrected chi connectivity index (χ3v) is 6.02. The SMILES string of the molecule is COc1ccc(S(=O)(=O)Nc2ccccc2OC(F)F)cc1N1CCN(C)CC1. The molecule has 0 radical (unpaired) electrons. The summed E-state index contributed by atoms with van der Waals surface area (Å²) in [4.78, 5) is 4.25. The van der Waals surface area contributed by atoms with Gasteiger partial charge in [-0.3, -0.25) is 4.72 Å². The number of hydrogen-bond acceptors (Lipinski definition) is 6. The van der Waals surface area contributed by atoms with Crippen molar-refractivity contribution in [1.82, 2.24) is 4.90 Å². The number of methoxy groups -OCH3 is 1. The number of sulfonamides is 1. The van der Waals surface area contributed by atoms with Gasteiger partial charge in [0.05, 0.1) is 23.4 Å². The van der Waals surface area contributed by atoms with E-state index >= 15 is 0 Å². The first-order valence-electron chi connectivity index (χ1n) is 8.98. The molecule has 158 valence electrons. The zero-order chi connectivity index (χ0) is 21.0. The lowest BCUT2D eigenvalue weighted by atomic mass is 10.2. The highest BCUT2D eigenvalue weighted by molar-refractivity contribution is 7.92. The van der Waals surface area contributed by atoms with Crippen LogP contribution in [0.4, 0.5) is 20.2 Å². The molecule has 0 spiro atoms. The minimum atomic E-state index is -4.04. The molecule has 0 bridgehead atoms. The van der Waals surface area contributed by atoms with Gasteiger partial charge < -0.3 is 19.3 Å². The van der Waals surface area contributed by atoms with E-state index in [0.717, 1.165) is 26.2 Å². The number of likely N-dealkylation sites (N-methyl/N-ethyl adjacent to an activating group) is 1. The average Bonchev–Trinajstić information content (AvgIpc) is 2.69. The lowest BCUT2D eigenvalue weighted by Gasteiger charge is -2.34. The molecule has 7 nitrogen and oxygen atoms in total. The summed E-state index contributed by atoms with van der Waals surface area (Å²) in [5.41, 5.74) is 0.602. The van der Waals surface area contributed by atoms with Gasteiger partial charge in [-0.15, -0.1) is 0 Å². The Balaban J connectivity index is 1.91. The maximum Gasteiger partial charge on any atom is 0.387 e. The van der Waals surface area contributed by atoms with Crippen LogP contribution in [0.5, 0.6) is 11.5 Å². The van der Waals surface area contributed by atoms with Crippen molar-refractivity contribution in [2.24, 2.45) is 0 Å². The molecule has 0 aliphatic carbocycles. The lowest BCUT2D eigenvalue weighted by molar-refractivity contribution is -0.0493. The second kappa shape index (κ2) is 8.83. The van der Waals surface area contributed by atoms with Crippen molar-refractivity contribution in [2.45, 2.75) is 11.5 Å².